The van der Waals surface area contributed by atoms with Crippen molar-refractivity contribution < 1.29 is 14.3 Å². The molecule has 166 valence electrons. The van der Waals surface area contributed by atoms with Crippen molar-refractivity contribution >= 4 is 40.9 Å². The number of hydrogen-bond donors (Lipinski definition) is 1. The zero-order valence-corrected chi connectivity index (χ0v) is 19.1. The summed E-state index contributed by atoms with van der Waals surface area (Å²) in [5.41, 5.74) is 1.93. The summed E-state index contributed by atoms with van der Waals surface area (Å²) >= 11 is 12.3. The Kier molecular flexibility index (Phi) is 8.54. The first-order chi connectivity index (χ1) is 16.0. The van der Waals surface area contributed by atoms with Gasteiger partial charge in [0.25, 0.3) is 5.91 Å². The number of nitrogens with one attached hydrogen (secondary N) is 1. The Balaban J connectivity index is 1.63. The number of carbonyl (C=O) groups is 1. The van der Waals surface area contributed by atoms with Crippen LogP contribution in [0.15, 0.2) is 85.0 Å². The van der Waals surface area contributed by atoms with Crippen LogP contribution in [0.3, 0.4) is 0 Å². The van der Waals surface area contributed by atoms with E-state index in [-0.39, 0.29) is 5.57 Å². The minimum absolute atomic E-state index is 0.0649. The van der Waals surface area contributed by atoms with E-state index in [0.29, 0.717) is 46.0 Å². The highest BCUT2D eigenvalue weighted by atomic mass is 35.5. The minimum Gasteiger partial charge on any atom is -0.489 e. The van der Waals surface area contributed by atoms with Crippen molar-refractivity contribution in [3.63, 3.8) is 0 Å². The van der Waals surface area contributed by atoms with Gasteiger partial charge in [0.05, 0.1) is 5.02 Å². The highest BCUT2D eigenvalue weighted by Crippen LogP contribution is 2.27. The molecule has 0 aliphatic heterocycles. The zero-order valence-electron chi connectivity index (χ0n) is 17.6. The zero-order chi connectivity index (χ0) is 23.6. The Bertz CT molecular complexity index is 1210. The Morgan fingerprint density at radius 1 is 1.03 bits per heavy atom. The molecular weight excluding hydrogens is 459 g/mol. The van der Waals surface area contributed by atoms with Crippen LogP contribution in [0.5, 0.6) is 11.5 Å². The van der Waals surface area contributed by atoms with E-state index in [0.717, 1.165) is 5.56 Å². The number of hydrogen-bond acceptors (Lipinski definition) is 4. The van der Waals surface area contributed by atoms with Crippen molar-refractivity contribution in [2.45, 2.75) is 6.61 Å². The van der Waals surface area contributed by atoms with Crippen molar-refractivity contribution in [2.24, 2.45) is 0 Å². The second-order valence-corrected chi connectivity index (χ2v) is 7.63. The maximum Gasteiger partial charge on any atom is 0.266 e. The minimum atomic E-state index is -0.537. The first-order valence-electron chi connectivity index (χ1n) is 9.93. The van der Waals surface area contributed by atoms with Gasteiger partial charge in [-0.05, 0) is 54.1 Å². The molecule has 3 aromatic rings. The molecule has 0 saturated carbocycles. The van der Waals surface area contributed by atoms with Gasteiger partial charge in [-0.15, -0.1) is 0 Å². The third-order valence-electron chi connectivity index (χ3n) is 4.45. The Morgan fingerprint density at radius 3 is 2.45 bits per heavy atom. The summed E-state index contributed by atoms with van der Waals surface area (Å²) in [6.45, 7) is 4.24. The molecule has 0 radical (unpaired) electrons. The van der Waals surface area contributed by atoms with Gasteiger partial charge in [-0.1, -0.05) is 60.1 Å². The lowest BCUT2D eigenvalue weighted by Gasteiger charge is -2.09. The van der Waals surface area contributed by atoms with Crippen molar-refractivity contribution in [1.82, 2.24) is 0 Å². The van der Waals surface area contributed by atoms with Gasteiger partial charge in [-0.3, -0.25) is 4.79 Å². The smallest absolute Gasteiger partial charge is 0.266 e. The molecule has 0 spiro atoms. The third kappa shape index (κ3) is 6.88. The van der Waals surface area contributed by atoms with E-state index in [1.165, 1.54) is 6.08 Å². The summed E-state index contributed by atoms with van der Waals surface area (Å²) in [7, 11) is 0. The monoisotopic (exact) mass is 478 g/mol. The fraction of sp³-hybridized carbons (Fsp3) is 0.0769. The topological polar surface area (TPSA) is 71.3 Å². The average Bonchev–Trinajstić information content (AvgIpc) is 2.82. The van der Waals surface area contributed by atoms with E-state index in [1.807, 2.05) is 24.3 Å². The number of anilines is 1. The predicted molar refractivity (Wildman–Crippen MR) is 132 cm³/mol. The van der Waals surface area contributed by atoms with Crippen LogP contribution in [-0.4, -0.2) is 12.5 Å². The van der Waals surface area contributed by atoms with Crippen molar-refractivity contribution in [3.8, 4) is 17.6 Å². The first kappa shape index (κ1) is 23.9. The fourth-order valence-electron chi connectivity index (χ4n) is 2.80. The molecule has 0 aromatic heterocycles. The quantitative estimate of drug-likeness (QED) is 0.211. The molecular formula is C26H20Cl2N2O3. The molecule has 1 N–H and O–H groups in total. The lowest BCUT2D eigenvalue weighted by atomic mass is 10.1. The van der Waals surface area contributed by atoms with Gasteiger partial charge in [-0.2, -0.15) is 5.26 Å². The fourth-order valence-corrected chi connectivity index (χ4v) is 3.23. The Hall–Kier alpha value is -3.72. The van der Waals surface area contributed by atoms with Crippen molar-refractivity contribution in [1.29, 1.82) is 5.26 Å². The van der Waals surface area contributed by atoms with Crippen LogP contribution < -0.4 is 14.8 Å². The number of rotatable bonds is 9. The van der Waals surface area contributed by atoms with Crippen LogP contribution in [0.2, 0.25) is 10.0 Å². The highest BCUT2D eigenvalue weighted by Gasteiger charge is 2.11. The SMILES string of the molecule is C=CCOc1ccc(/C=C(\C#N)C(=O)Nc2ccc(OCc3ccccc3Cl)cc2)cc1Cl. The number of halogens is 2. The number of nitriles is 1. The van der Waals surface area contributed by atoms with E-state index in [1.54, 1.807) is 54.6 Å². The van der Waals surface area contributed by atoms with E-state index >= 15 is 0 Å². The number of amides is 1. The van der Waals surface area contributed by atoms with Crippen molar-refractivity contribution in [2.75, 3.05) is 11.9 Å². The standard InChI is InChI=1S/C26H20Cl2N2O3/c1-2-13-32-25-12-7-18(15-24(25)28)14-20(16-29)26(31)30-21-8-10-22(11-9-21)33-17-19-5-3-4-6-23(19)27/h2-12,14-15H,1,13,17H2,(H,30,31)/b20-14+. The van der Waals surface area contributed by atoms with Crippen LogP contribution in [0.1, 0.15) is 11.1 Å². The molecule has 0 atom stereocenters. The molecule has 5 nitrogen and oxygen atoms in total. The maximum atomic E-state index is 12.6. The number of carbonyl (C=O) groups excluding carboxylic acids is 1. The van der Waals surface area contributed by atoms with Gasteiger partial charge in [0.2, 0.25) is 0 Å². The summed E-state index contributed by atoms with van der Waals surface area (Å²) in [4.78, 5) is 12.6. The van der Waals surface area contributed by atoms with E-state index < -0.39 is 5.91 Å². The van der Waals surface area contributed by atoms with Crippen LogP contribution in [-0.2, 0) is 11.4 Å². The van der Waals surface area contributed by atoms with E-state index in [2.05, 4.69) is 11.9 Å². The molecule has 3 rings (SSSR count). The molecule has 0 aliphatic carbocycles. The number of benzene rings is 3. The van der Waals surface area contributed by atoms with Gasteiger partial charge >= 0.3 is 0 Å². The molecule has 0 saturated heterocycles. The summed E-state index contributed by atoms with van der Waals surface area (Å²) in [5, 5.41) is 13.2. The van der Waals surface area contributed by atoms with Gasteiger partial charge < -0.3 is 14.8 Å². The van der Waals surface area contributed by atoms with Gasteiger partial charge in [0.1, 0.15) is 36.4 Å². The molecule has 0 aliphatic rings. The Morgan fingerprint density at radius 2 is 1.79 bits per heavy atom. The molecule has 0 unspecified atom stereocenters. The third-order valence-corrected chi connectivity index (χ3v) is 5.12. The highest BCUT2D eigenvalue weighted by molar-refractivity contribution is 6.32. The summed E-state index contributed by atoms with van der Waals surface area (Å²) in [5.74, 6) is 0.580. The van der Waals surface area contributed by atoms with Gasteiger partial charge in [0.15, 0.2) is 0 Å². The van der Waals surface area contributed by atoms with Crippen LogP contribution in [0, 0.1) is 11.3 Å². The summed E-state index contributed by atoms with van der Waals surface area (Å²) in [6, 6.07) is 21.2. The predicted octanol–water partition coefficient (Wildman–Crippen LogP) is 6.68. The van der Waals surface area contributed by atoms with E-state index in [9.17, 15) is 10.1 Å². The Labute approximate surface area is 202 Å². The second kappa shape index (κ2) is 11.8. The molecule has 7 heteroatoms. The van der Waals surface area contributed by atoms with E-state index in [4.69, 9.17) is 32.7 Å². The summed E-state index contributed by atoms with van der Waals surface area (Å²) in [6.07, 6.45) is 3.07. The maximum absolute atomic E-state index is 12.6. The molecule has 1 amide bonds. The second-order valence-electron chi connectivity index (χ2n) is 6.82. The van der Waals surface area contributed by atoms with Crippen LogP contribution >= 0.6 is 23.2 Å². The molecule has 3 aromatic carbocycles. The lowest BCUT2D eigenvalue weighted by Crippen LogP contribution is -2.13. The number of ether oxygens (including phenoxy) is 2. The summed E-state index contributed by atoms with van der Waals surface area (Å²) < 4.78 is 11.2. The molecule has 0 fully saturated rings. The van der Waals surface area contributed by atoms with Crippen LogP contribution in [0.4, 0.5) is 5.69 Å². The molecule has 0 bridgehead atoms. The normalized spacial score (nSPS) is 10.8. The lowest BCUT2D eigenvalue weighted by molar-refractivity contribution is -0.112. The van der Waals surface area contributed by atoms with Crippen LogP contribution in [0.25, 0.3) is 6.08 Å². The largest absolute Gasteiger partial charge is 0.489 e. The van der Waals surface area contributed by atoms with Gasteiger partial charge in [-0.25, -0.2) is 0 Å². The molecule has 0 heterocycles. The van der Waals surface area contributed by atoms with Crippen molar-refractivity contribution in [3.05, 3.63) is 106 Å². The molecule has 33 heavy (non-hydrogen) atoms. The van der Waals surface area contributed by atoms with Gasteiger partial charge in [0, 0.05) is 16.3 Å². The number of nitrogens with zero attached hydrogens (tertiary/aromatic N) is 1. The average molecular weight is 479 g/mol. The first-order valence-corrected chi connectivity index (χ1v) is 10.7.